The van der Waals surface area contributed by atoms with E-state index in [-0.39, 0.29) is 36.2 Å². The Bertz CT molecular complexity index is 629. The fourth-order valence-electron chi connectivity index (χ4n) is 3.88. The molecule has 3 atom stereocenters. The van der Waals surface area contributed by atoms with Crippen molar-refractivity contribution < 1.29 is 14.3 Å². The van der Waals surface area contributed by atoms with Crippen LogP contribution in [0, 0.1) is 11.8 Å². The van der Waals surface area contributed by atoms with Crippen LogP contribution in [0.25, 0.3) is 0 Å². The van der Waals surface area contributed by atoms with Crippen molar-refractivity contribution in [3.8, 4) is 5.75 Å². The number of nitrogens with zero attached hydrogens (tertiary/aromatic N) is 1. The highest BCUT2D eigenvalue weighted by Gasteiger charge is 2.31. The van der Waals surface area contributed by atoms with Gasteiger partial charge in [0.25, 0.3) is 0 Å². The van der Waals surface area contributed by atoms with Gasteiger partial charge in [-0.1, -0.05) is 25.1 Å². The summed E-state index contributed by atoms with van der Waals surface area (Å²) >= 11 is 0. The van der Waals surface area contributed by atoms with E-state index in [0.29, 0.717) is 25.5 Å². The lowest BCUT2D eigenvalue weighted by molar-refractivity contribution is -0.136. The summed E-state index contributed by atoms with van der Waals surface area (Å²) < 4.78 is 5.62. The van der Waals surface area contributed by atoms with Gasteiger partial charge in [0.2, 0.25) is 11.8 Å². The van der Waals surface area contributed by atoms with Crippen LogP contribution in [-0.2, 0) is 9.59 Å². The Balaban J connectivity index is 0.00000280. The Morgan fingerprint density at radius 3 is 2.79 bits per heavy atom. The summed E-state index contributed by atoms with van der Waals surface area (Å²) in [5.74, 6) is 1.29. The monoisotopic (exact) mass is 409 g/mol. The zero-order valence-corrected chi connectivity index (χ0v) is 17.4. The van der Waals surface area contributed by atoms with E-state index in [1.807, 2.05) is 35.2 Å². The molecule has 0 aromatic heterocycles. The molecule has 3 rings (SSSR count). The molecule has 0 spiro atoms. The summed E-state index contributed by atoms with van der Waals surface area (Å²) in [6.07, 6.45) is 3.05. The highest BCUT2D eigenvalue weighted by atomic mass is 35.5. The highest BCUT2D eigenvalue weighted by Crippen LogP contribution is 2.19. The van der Waals surface area contributed by atoms with Gasteiger partial charge in [-0.15, -0.1) is 12.4 Å². The van der Waals surface area contributed by atoms with Crippen molar-refractivity contribution in [3.63, 3.8) is 0 Å². The second-order valence-electron chi connectivity index (χ2n) is 7.68. The number of likely N-dealkylation sites (tertiary alicyclic amines) is 1. The molecule has 2 saturated heterocycles. The van der Waals surface area contributed by atoms with Crippen LogP contribution in [0.15, 0.2) is 30.3 Å². The zero-order valence-electron chi connectivity index (χ0n) is 16.6. The largest absolute Gasteiger partial charge is 0.493 e. The number of para-hydroxylation sites is 1. The molecule has 0 saturated carbocycles. The van der Waals surface area contributed by atoms with Crippen molar-refractivity contribution in [2.24, 2.45) is 11.8 Å². The minimum Gasteiger partial charge on any atom is -0.493 e. The third kappa shape index (κ3) is 6.38. The molecule has 3 unspecified atom stereocenters. The minimum absolute atomic E-state index is 0. The molecule has 1 aromatic rings. The number of hydrogen-bond donors (Lipinski definition) is 2. The molecule has 0 radical (unpaired) electrons. The van der Waals surface area contributed by atoms with E-state index >= 15 is 0 Å². The van der Waals surface area contributed by atoms with Gasteiger partial charge in [0.05, 0.1) is 18.9 Å². The number of ether oxygens (including phenoxy) is 1. The number of carbonyl (C=O) groups is 2. The Morgan fingerprint density at radius 2 is 2.04 bits per heavy atom. The summed E-state index contributed by atoms with van der Waals surface area (Å²) in [5.41, 5.74) is 0. The summed E-state index contributed by atoms with van der Waals surface area (Å²) in [6, 6.07) is 9.76. The van der Waals surface area contributed by atoms with Crippen LogP contribution in [0.5, 0.6) is 5.75 Å². The lowest BCUT2D eigenvalue weighted by Gasteiger charge is -2.35. The van der Waals surface area contributed by atoms with Crippen LogP contribution in [0.4, 0.5) is 0 Å². The predicted octanol–water partition coefficient (Wildman–Crippen LogP) is 2.23. The van der Waals surface area contributed by atoms with Crippen LogP contribution in [0.2, 0.25) is 0 Å². The second-order valence-corrected chi connectivity index (χ2v) is 7.68. The number of benzene rings is 1. The molecular weight excluding hydrogens is 378 g/mol. The maximum atomic E-state index is 12.7. The van der Waals surface area contributed by atoms with Crippen LogP contribution in [-0.4, -0.2) is 55.5 Å². The Hall–Kier alpha value is -1.79. The van der Waals surface area contributed by atoms with Crippen molar-refractivity contribution >= 4 is 24.2 Å². The van der Waals surface area contributed by atoms with Crippen molar-refractivity contribution in [2.45, 2.75) is 38.6 Å². The van der Waals surface area contributed by atoms with E-state index in [0.717, 1.165) is 44.6 Å². The number of hydrogen-bond acceptors (Lipinski definition) is 4. The van der Waals surface area contributed by atoms with Gasteiger partial charge in [-0.2, -0.15) is 0 Å². The Labute approximate surface area is 173 Å². The first-order valence-corrected chi connectivity index (χ1v) is 10.1. The summed E-state index contributed by atoms with van der Waals surface area (Å²) in [6.45, 7) is 5.68. The summed E-state index contributed by atoms with van der Waals surface area (Å²) in [5, 5.41) is 6.58. The molecule has 6 nitrogen and oxygen atoms in total. The molecule has 2 amide bonds. The fraction of sp³-hybridized carbons (Fsp3) is 0.619. The normalized spacial score (nSPS) is 24.8. The molecule has 1 aromatic carbocycles. The number of nitrogens with one attached hydrogen (secondary N) is 2. The van der Waals surface area contributed by atoms with E-state index in [1.54, 1.807) is 0 Å². The first-order chi connectivity index (χ1) is 13.1. The average Bonchev–Trinajstić information content (AvgIpc) is 2.70. The number of amides is 2. The molecule has 2 N–H and O–H groups in total. The quantitative estimate of drug-likeness (QED) is 0.755. The van der Waals surface area contributed by atoms with Crippen LogP contribution < -0.4 is 15.4 Å². The van der Waals surface area contributed by atoms with Crippen LogP contribution in [0.1, 0.15) is 32.6 Å². The van der Waals surface area contributed by atoms with Crippen molar-refractivity contribution in [1.29, 1.82) is 0 Å². The molecule has 28 heavy (non-hydrogen) atoms. The second kappa shape index (κ2) is 11.3. The highest BCUT2D eigenvalue weighted by molar-refractivity contribution is 5.85. The van der Waals surface area contributed by atoms with Gasteiger partial charge >= 0.3 is 0 Å². The van der Waals surface area contributed by atoms with Crippen molar-refractivity contribution in [2.75, 3.05) is 32.8 Å². The molecule has 2 heterocycles. The zero-order chi connectivity index (χ0) is 19.1. The van der Waals surface area contributed by atoms with E-state index in [9.17, 15) is 9.59 Å². The molecule has 156 valence electrons. The predicted molar refractivity (Wildman–Crippen MR) is 112 cm³/mol. The lowest BCUT2D eigenvalue weighted by Crippen LogP contribution is -2.52. The summed E-state index contributed by atoms with van der Waals surface area (Å²) in [7, 11) is 0. The van der Waals surface area contributed by atoms with Gasteiger partial charge in [-0.3, -0.25) is 9.59 Å². The van der Waals surface area contributed by atoms with Gasteiger partial charge in [-0.05, 0) is 50.4 Å². The number of carbonyl (C=O) groups excluding carboxylic acids is 2. The summed E-state index contributed by atoms with van der Waals surface area (Å²) in [4.78, 5) is 27.0. The lowest BCUT2D eigenvalue weighted by atomic mass is 9.92. The van der Waals surface area contributed by atoms with Crippen molar-refractivity contribution in [1.82, 2.24) is 15.5 Å². The molecular formula is C21H32ClN3O3. The topological polar surface area (TPSA) is 70.7 Å². The first kappa shape index (κ1) is 22.5. The van der Waals surface area contributed by atoms with E-state index in [4.69, 9.17) is 4.74 Å². The molecule has 0 bridgehead atoms. The minimum atomic E-state index is -0.0974. The van der Waals surface area contributed by atoms with Gasteiger partial charge in [0.15, 0.2) is 0 Å². The standard InChI is InChI=1S/C21H31N3O3.ClH/c1-16-14-22-11-9-19(16)23-21(26)17-6-5-12-24(15-17)20(25)10-13-27-18-7-3-2-4-8-18;/h2-4,7-8,16-17,19,22H,5-6,9-15H2,1H3,(H,23,26);1H. The molecule has 2 aliphatic rings. The Morgan fingerprint density at radius 1 is 1.25 bits per heavy atom. The number of piperidine rings is 2. The average molecular weight is 410 g/mol. The van der Waals surface area contributed by atoms with Crippen molar-refractivity contribution in [3.05, 3.63) is 30.3 Å². The fourth-order valence-corrected chi connectivity index (χ4v) is 3.88. The Kier molecular flexibility index (Phi) is 9.06. The third-order valence-electron chi connectivity index (χ3n) is 5.59. The molecule has 7 heteroatoms. The van der Waals surface area contributed by atoms with Gasteiger partial charge < -0.3 is 20.3 Å². The molecule has 2 aliphatic heterocycles. The SMILES string of the molecule is CC1CNCCC1NC(=O)C1CCCN(C(=O)CCOc2ccccc2)C1.Cl. The van der Waals surface area contributed by atoms with Gasteiger partial charge in [-0.25, -0.2) is 0 Å². The first-order valence-electron chi connectivity index (χ1n) is 10.1. The maximum Gasteiger partial charge on any atom is 0.226 e. The third-order valence-corrected chi connectivity index (χ3v) is 5.59. The maximum absolute atomic E-state index is 12.7. The molecule has 2 fully saturated rings. The van der Waals surface area contributed by atoms with Crippen LogP contribution in [0.3, 0.4) is 0 Å². The number of rotatable bonds is 6. The van der Waals surface area contributed by atoms with Crippen LogP contribution >= 0.6 is 12.4 Å². The van der Waals surface area contributed by atoms with Gasteiger partial charge in [0.1, 0.15) is 5.75 Å². The van der Waals surface area contributed by atoms with E-state index in [1.165, 1.54) is 0 Å². The molecule has 0 aliphatic carbocycles. The van der Waals surface area contributed by atoms with E-state index in [2.05, 4.69) is 17.6 Å². The smallest absolute Gasteiger partial charge is 0.226 e. The van der Waals surface area contributed by atoms with Gasteiger partial charge in [0, 0.05) is 19.1 Å². The van der Waals surface area contributed by atoms with E-state index < -0.39 is 0 Å². The number of halogens is 1.